The highest BCUT2D eigenvalue weighted by atomic mass is 16.5. The fourth-order valence-electron chi connectivity index (χ4n) is 3.80. The normalized spacial score (nSPS) is 19.2. The second-order valence-electron chi connectivity index (χ2n) is 6.63. The van der Waals surface area contributed by atoms with E-state index in [1.165, 1.54) is 5.56 Å². The highest BCUT2D eigenvalue weighted by Gasteiger charge is 2.31. The number of carbonyl (C=O) groups excluding carboxylic acids is 2. The van der Waals surface area contributed by atoms with E-state index in [9.17, 15) is 9.59 Å². The van der Waals surface area contributed by atoms with Gasteiger partial charge >= 0.3 is 0 Å². The van der Waals surface area contributed by atoms with Gasteiger partial charge in [-0.1, -0.05) is 24.3 Å². The van der Waals surface area contributed by atoms with Crippen LogP contribution in [0.1, 0.15) is 62.3 Å². The number of fused-ring (bicyclic) bond motifs is 2. The summed E-state index contributed by atoms with van der Waals surface area (Å²) in [5.74, 6) is 0.910. The Balaban J connectivity index is 1.53. The number of nitrogens with one attached hydrogen (secondary N) is 1. The maximum atomic E-state index is 12.7. The van der Waals surface area contributed by atoms with Crippen molar-refractivity contribution in [2.75, 3.05) is 13.2 Å². The minimum Gasteiger partial charge on any atom is -0.465 e. The van der Waals surface area contributed by atoms with Crippen LogP contribution in [0.4, 0.5) is 0 Å². The molecule has 5 heteroatoms. The molecule has 0 bridgehead atoms. The van der Waals surface area contributed by atoms with Crippen molar-refractivity contribution in [3.63, 3.8) is 0 Å². The minimum absolute atomic E-state index is 0.00233. The second-order valence-corrected chi connectivity index (χ2v) is 6.63. The Bertz CT molecular complexity index is 836. The zero-order chi connectivity index (χ0) is 17.4. The predicted molar refractivity (Wildman–Crippen MR) is 91.9 cm³/mol. The zero-order valence-electron chi connectivity index (χ0n) is 14.3. The predicted octanol–water partition coefficient (Wildman–Crippen LogP) is 3.15. The topological polar surface area (TPSA) is 68.5 Å². The highest BCUT2D eigenvalue weighted by Crippen LogP contribution is 2.30. The number of furan rings is 1. The standard InChI is InChI=1S/C20H21NO4/c1-12-18(19-15(22)7-4-8-16(19)25-12)20(23)21-11-17-14-6-3-2-5-13(14)9-10-24-17/h2-3,5-6,17H,4,7-11H2,1H3,(H,21,23)/t17-/m0/s1. The molecule has 2 heterocycles. The Kier molecular flexibility index (Phi) is 4.17. The van der Waals surface area contributed by atoms with Crippen molar-refractivity contribution in [3.05, 3.63) is 58.0 Å². The molecule has 1 atom stereocenters. The van der Waals surface area contributed by atoms with E-state index in [1.807, 2.05) is 18.2 Å². The van der Waals surface area contributed by atoms with Crippen LogP contribution >= 0.6 is 0 Å². The molecule has 1 amide bonds. The second kappa shape index (κ2) is 6.48. The molecule has 1 aliphatic heterocycles. The van der Waals surface area contributed by atoms with Crippen molar-refractivity contribution in [1.82, 2.24) is 5.32 Å². The van der Waals surface area contributed by atoms with Crippen molar-refractivity contribution in [2.45, 2.75) is 38.7 Å². The van der Waals surface area contributed by atoms with Crippen LogP contribution in [0.5, 0.6) is 0 Å². The summed E-state index contributed by atoms with van der Waals surface area (Å²) >= 11 is 0. The third kappa shape index (κ3) is 2.89. The molecule has 4 rings (SSSR count). The molecule has 1 aromatic carbocycles. The molecular weight excluding hydrogens is 318 g/mol. The van der Waals surface area contributed by atoms with Gasteiger partial charge in [0.15, 0.2) is 5.78 Å². The summed E-state index contributed by atoms with van der Waals surface area (Å²) in [5, 5.41) is 2.93. The number of benzene rings is 1. The molecule has 0 saturated carbocycles. The lowest BCUT2D eigenvalue weighted by atomic mass is 9.93. The van der Waals surface area contributed by atoms with Crippen molar-refractivity contribution < 1.29 is 18.7 Å². The van der Waals surface area contributed by atoms with E-state index in [1.54, 1.807) is 6.92 Å². The van der Waals surface area contributed by atoms with Gasteiger partial charge < -0.3 is 14.5 Å². The third-order valence-electron chi connectivity index (χ3n) is 5.01. The van der Waals surface area contributed by atoms with Crippen LogP contribution in [0.2, 0.25) is 0 Å². The van der Waals surface area contributed by atoms with Crippen molar-refractivity contribution in [1.29, 1.82) is 0 Å². The molecule has 25 heavy (non-hydrogen) atoms. The Labute approximate surface area is 146 Å². The Morgan fingerprint density at radius 1 is 1.24 bits per heavy atom. The molecule has 2 aromatic rings. The molecule has 0 fully saturated rings. The summed E-state index contributed by atoms with van der Waals surface area (Å²) < 4.78 is 11.5. The first-order chi connectivity index (χ1) is 12.1. The minimum atomic E-state index is -0.260. The molecule has 5 nitrogen and oxygen atoms in total. The van der Waals surface area contributed by atoms with Gasteiger partial charge in [-0.05, 0) is 30.9 Å². The van der Waals surface area contributed by atoms with Gasteiger partial charge in [-0.25, -0.2) is 0 Å². The SMILES string of the molecule is Cc1oc2c(c1C(=O)NC[C@@H]1OCCc3ccccc31)C(=O)CCC2. The van der Waals surface area contributed by atoms with Gasteiger partial charge in [-0.3, -0.25) is 9.59 Å². The van der Waals surface area contributed by atoms with E-state index in [4.69, 9.17) is 9.15 Å². The number of carbonyl (C=O) groups is 2. The number of rotatable bonds is 3. The Morgan fingerprint density at radius 2 is 2.08 bits per heavy atom. The van der Waals surface area contributed by atoms with Gasteiger partial charge in [0.25, 0.3) is 5.91 Å². The maximum Gasteiger partial charge on any atom is 0.255 e. The van der Waals surface area contributed by atoms with Gasteiger partial charge in [0.2, 0.25) is 0 Å². The van der Waals surface area contributed by atoms with Gasteiger partial charge in [0.1, 0.15) is 17.6 Å². The van der Waals surface area contributed by atoms with E-state index >= 15 is 0 Å². The summed E-state index contributed by atoms with van der Waals surface area (Å²) in [6.45, 7) is 2.77. The lowest BCUT2D eigenvalue weighted by molar-refractivity contribution is 0.0411. The fourth-order valence-corrected chi connectivity index (χ4v) is 3.80. The number of hydrogen-bond acceptors (Lipinski definition) is 4. The number of amides is 1. The summed E-state index contributed by atoms with van der Waals surface area (Å²) in [6, 6.07) is 8.14. The lowest BCUT2D eigenvalue weighted by Gasteiger charge is -2.26. The summed E-state index contributed by atoms with van der Waals surface area (Å²) in [4.78, 5) is 24.9. The molecule has 2 aliphatic rings. The van der Waals surface area contributed by atoms with E-state index in [2.05, 4.69) is 11.4 Å². The monoisotopic (exact) mass is 339 g/mol. The highest BCUT2D eigenvalue weighted by molar-refractivity contribution is 6.10. The average molecular weight is 339 g/mol. The molecular formula is C20H21NO4. The number of aryl methyl sites for hydroxylation is 2. The molecule has 1 N–H and O–H groups in total. The number of hydrogen-bond donors (Lipinski definition) is 1. The van der Waals surface area contributed by atoms with Crippen LogP contribution in [0.3, 0.4) is 0 Å². The first kappa shape index (κ1) is 16.1. The molecule has 0 saturated heterocycles. The van der Waals surface area contributed by atoms with Gasteiger partial charge in [-0.15, -0.1) is 0 Å². The third-order valence-corrected chi connectivity index (χ3v) is 5.01. The fraction of sp³-hybridized carbons (Fsp3) is 0.400. The van der Waals surface area contributed by atoms with Crippen LogP contribution in [-0.2, 0) is 17.6 Å². The number of ketones is 1. The summed E-state index contributed by atoms with van der Waals surface area (Å²) in [6.07, 6.45) is 2.71. The van der Waals surface area contributed by atoms with Crippen LogP contribution in [0.15, 0.2) is 28.7 Å². The first-order valence-electron chi connectivity index (χ1n) is 8.78. The molecule has 1 aromatic heterocycles. The van der Waals surface area contributed by atoms with E-state index in [0.717, 1.165) is 18.4 Å². The Morgan fingerprint density at radius 3 is 2.96 bits per heavy atom. The summed E-state index contributed by atoms with van der Waals surface area (Å²) in [7, 11) is 0. The lowest BCUT2D eigenvalue weighted by Crippen LogP contribution is -2.33. The number of ether oxygens (including phenoxy) is 1. The first-order valence-corrected chi connectivity index (χ1v) is 8.78. The van der Waals surface area contributed by atoms with Crippen molar-refractivity contribution in [2.24, 2.45) is 0 Å². The maximum absolute atomic E-state index is 12.7. The summed E-state index contributed by atoms with van der Waals surface area (Å²) in [5.41, 5.74) is 3.26. The van der Waals surface area contributed by atoms with Crippen LogP contribution < -0.4 is 5.32 Å². The smallest absolute Gasteiger partial charge is 0.255 e. The average Bonchev–Trinajstić information content (AvgIpc) is 2.97. The van der Waals surface area contributed by atoms with Crippen molar-refractivity contribution >= 4 is 11.7 Å². The van der Waals surface area contributed by atoms with Crippen LogP contribution in [0, 0.1) is 6.92 Å². The van der Waals surface area contributed by atoms with E-state index in [-0.39, 0.29) is 17.8 Å². The van der Waals surface area contributed by atoms with E-state index in [0.29, 0.717) is 48.6 Å². The molecule has 0 unspecified atom stereocenters. The molecule has 1 aliphatic carbocycles. The van der Waals surface area contributed by atoms with E-state index < -0.39 is 0 Å². The van der Waals surface area contributed by atoms with Crippen molar-refractivity contribution in [3.8, 4) is 0 Å². The Hall–Kier alpha value is -2.40. The largest absolute Gasteiger partial charge is 0.465 e. The van der Waals surface area contributed by atoms with Gasteiger partial charge in [0.05, 0.1) is 17.7 Å². The zero-order valence-corrected chi connectivity index (χ0v) is 14.3. The van der Waals surface area contributed by atoms with Crippen LogP contribution in [0.25, 0.3) is 0 Å². The number of Topliss-reactive ketones (excluding diaryl/α,β-unsaturated/α-hetero) is 1. The molecule has 0 radical (unpaired) electrons. The quantitative estimate of drug-likeness (QED) is 0.933. The van der Waals surface area contributed by atoms with Crippen LogP contribution in [-0.4, -0.2) is 24.8 Å². The van der Waals surface area contributed by atoms with Gasteiger partial charge in [0, 0.05) is 19.4 Å². The molecule has 0 spiro atoms. The van der Waals surface area contributed by atoms with Gasteiger partial charge in [-0.2, -0.15) is 0 Å². The molecule has 130 valence electrons.